The molecule has 84 valence electrons. The molecule has 0 aromatic heterocycles. The highest BCUT2D eigenvalue weighted by Crippen LogP contribution is 2.27. The summed E-state index contributed by atoms with van der Waals surface area (Å²) < 4.78 is 5.52. The van der Waals surface area contributed by atoms with Gasteiger partial charge in [-0.05, 0) is 12.5 Å². The van der Waals surface area contributed by atoms with Crippen molar-refractivity contribution in [2.24, 2.45) is 5.92 Å². The summed E-state index contributed by atoms with van der Waals surface area (Å²) in [7, 11) is 0. The Balaban J connectivity index is 1.77. The monoisotopic (exact) mass is 209 g/mol. The van der Waals surface area contributed by atoms with Crippen molar-refractivity contribution in [2.45, 2.75) is 32.4 Å². The van der Waals surface area contributed by atoms with Crippen molar-refractivity contribution >= 4 is 5.78 Å². The molecule has 2 rings (SSSR count). The first kappa shape index (κ1) is 10.8. The second-order valence-corrected chi connectivity index (χ2v) is 4.76. The minimum atomic E-state index is 0.111. The third-order valence-electron chi connectivity index (χ3n) is 3.20. The smallest absolute Gasteiger partial charge is 0.157 e. The van der Waals surface area contributed by atoms with Crippen molar-refractivity contribution in [3.63, 3.8) is 0 Å². The first-order valence-corrected chi connectivity index (χ1v) is 5.73. The normalized spacial score (nSPS) is 30.9. The number of likely N-dealkylation sites (tertiary alicyclic amines) is 1. The second-order valence-electron chi connectivity index (χ2n) is 4.76. The predicted octanol–water partition coefficient (Wildman–Crippen LogP) is 1.24. The number of ether oxygens (including phenoxy) is 1. The molecule has 2 fully saturated rings. The number of hydrogen-bond donors (Lipinski definition) is 0. The van der Waals surface area contributed by atoms with Crippen molar-refractivity contribution in [1.29, 1.82) is 0 Å². The summed E-state index contributed by atoms with van der Waals surface area (Å²) in [6, 6.07) is 0.591. The second kappa shape index (κ2) is 4.45. The zero-order valence-corrected chi connectivity index (χ0v) is 9.48. The molecule has 0 aromatic rings. The number of carbonyl (C=O) groups is 1. The molecule has 0 aliphatic carbocycles. The fraction of sp³-hybridized carbons (Fsp3) is 0.750. The first-order chi connectivity index (χ1) is 7.16. The summed E-state index contributed by atoms with van der Waals surface area (Å²) >= 11 is 0. The summed E-state index contributed by atoms with van der Waals surface area (Å²) in [5.41, 5.74) is 0. The van der Waals surface area contributed by atoms with Gasteiger partial charge in [-0.2, -0.15) is 0 Å². The van der Waals surface area contributed by atoms with E-state index in [-0.39, 0.29) is 11.7 Å². The lowest BCUT2D eigenvalue weighted by Crippen LogP contribution is -2.36. The van der Waals surface area contributed by atoms with Gasteiger partial charge in [0, 0.05) is 25.0 Å². The van der Waals surface area contributed by atoms with Crippen LogP contribution in [0.3, 0.4) is 0 Å². The number of rotatable bonds is 4. The van der Waals surface area contributed by atoms with E-state index >= 15 is 0 Å². The van der Waals surface area contributed by atoms with Gasteiger partial charge in [0.25, 0.3) is 0 Å². The van der Waals surface area contributed by atoms with Crippen LogP contribution in [0.15, 0.2) is 12.2 Å². The maximum atomic E-state index is 11.3. The highest BCUT2D eigenvalue weighted by molar-refractivity contribution is 5.91. The quantitative estimate of drug-likeness (QED) is 0.652. The number of carbonyl (C=O) groups excluding carboxylic acids is 1. The Bertz CT molecular complexity index is 273. The van der Waals surface area contributed by atoms with E-state index in [1.54, 1.807) is 6.08 Å². The lowest BCUT2D eigenvalue weighted by atomic mass is 10.1. The van der Waals surface area contributed by atoms with Gasteiger partial charge in [-0.3, -0.25) is 9.69 Å². The van der Waals surface area contributed by atoms with Gasteiger partial charge in [0.05, 0.1) is 12.7 Å². The average Bonchev–Trinajstić information content (AvgIpc) is 2.78. The Hall–Kier alpha value is -0.670. The number of allylic oxidation sites excluding steroid dienone is 1. The molecule has 2 atom stereocenters. The minimum absolute atomic E-state index is 0.111. The Kier molecular flexibility index (Phi) is 3.22. The van der Waals surface area contributed by atoms with E-state index < -0.39 is 0 Å². The van der Waals surface area contributed by atoms with Crippen LogP contribution in [-0.4, -0.2) is 42.5 Å². The lowest BCUT2D eigenvalue weighted by molar-refractivity contribution is -0.117. The van der Waals surface area contributed by atoms with E-state index in [9.17, 15) is 4.79 Å². The van der Waals surface area contributed by atoms with Crippen LogP contribution in [-0.2, 0) is 9.53 Å². The number of hydrogen-bond acceptors (Lipinski definition) is 3. The van der Waals surface area contributed by atoms with Crippen LogP contribution in [0, 0.1) is 5.92 Å². The number of nitrogens with zero attached hydrogens (tertiary/aromatic N) is 1. The summed E-state index contributed by atoms with van der Waals surface area (Å²) in [6.45, 7) is 6.65. The van der Waals surface area contributed by atoms with Gasteiger partial charge in [-0.15, -0.1) is 0 Å². The number of fused-ring (bicyclic) bond motifs is 2. The molecular formula is C12H19NO2. The van der Waals surface area contributed by atoms with Crippen LogP contribution in [0.25, 0.3) is 0 Å². The molecule has 3 heteroatoms. The third-order valence-corrected chi connectivity index (χ3v) is 3.20. The summed E-state index contributed by atoms with van der Waals surface area (Å²) in [5.74, 6) is 0.329. The molecule has 0 saturated carbocycles. The van der Waals surface area contributed by atoms with Crippen LogP contribution in [0.5, 0.6) is 0 Å². The molecule has 0 radical (unpaired) electrons. The van der Waals surface area contributed by atoms with Gasteiger partial charge in [0.1, 0.15) is 0 Å². The van der Waals surface area contributed by atoms with Gasteiger partial charge in [-0.1, -0.05) is 19.9 Å². The van der Waals surface area contributed by atoms with Crippen molar-refractivity contribution in [3.05, 3.63) is 12.2 Å². The van der Waals surface area contributed by atoms with Crippen LogP contribution in [0.1, 0.15) is 20.3 Å². The van der Waals surface area contributed by atoms with Crippen LogP contribution < -0.4 is 0 Å². The largest absolute Gasteiger partial charge is 0.375 e. The molecule has 2 aliphatic heterocycles. The van der Waals surface area contributed by atoms with Crippen LogP contribution >= 0.6 is 0 Å². The highest BCUT2D eigenvalue weighted by atomic mass is 16.5. The molecule has 0 N–H and O–H groups in total. The highest BCUT2D eigenvalue weighted by Gasteiger charge is 2.37. The molecule has 0 spiro atoms. The fourth-order valence-corrected chi connectivity index (χ4v) is 2.20. The van der Waals surface area contributed by atoms with Crippen molar-refractivity contribution in [1.82, 2.24) is 4.90 Å². The van der Waals surface area contributed by atoms with Crippen molar-refractivity contribution in [3.8, 4) is 0 Å². The predicted molar refractivity (Wildman–Crippen MR) is 58.7 cm³/mol. The van der Waals surface area contributed by atoms with E-state index in [2.05, 4.69) is 4.90 Å². The summed E-state index contributed by atoms with van der Waals surface area (Å²) in [5, 5.41) is 0. The Morgan fingerprint density at radius 3 is 2.93 bits per heavy atom. The van der Waals surface area contributed by atoms with Gasteiger partial charge < -0.3 is 4.74 Å². The lowest BCUT2D eigenvalue weighted by Gasteiger charge is -2.25. The van der Waals surface area contributed by atoms with Gasteiger partial charge >= 0.3 is 0 Å². The van der Waals surface area contributed by atoms with Crippen molar-refractivity contribution < 1.29 is 9.53 Å². The molecule has 0 aromatic carbocycles. The molecular weight excluding hydrogens is 190 g/mol. The van der Waals surface area contributed by atoms with Gasteiger partial charge in [-0.25, -0.2) is 0 Å². The first-order valence-electron chi connectivity index (χ1n) is 5.73. The number of morpholine rings is 1. The Morgan fingerprint density at radius 2 is 2.40 bits per heavy atom. The minimum Gasteiger partial charge on any atom is -0.375 e. The number of ketones is 1. The Labute approximate surface area is 91.1 Å². The van der Waals surface area contributed by atoms with Crippen LogP contribution in [0.2, 0.25) is 0 Å². The SMILES string of the molecule is CC(C)C(=O)/C=C/CN1C[C@@H]2C[C@H]1CO2. The van der Waals surface area contributed by atoms with Gasteiger partial charge in [0.2, 0.25) is 0 Å². The molecule has 2 saturated heterocycles. The zero-order valence-electron chi connectivity index (χ0n) is 9.48. The van der Waals surface area contributed by atoms with Gasteiger partial charge in [0.15, 0.2) is 5.78 Å². The molecule has 15 heavy (non-hydrogen) atoms. The average molecular weight is 209 g/mol. The molecule has 2 heterocycles. The fourth-order valence-electron chi connectivity index (χ4n) is 2.20. The molecule has 0 amide bonds. The Morgan fingerprint density at radius 1 is 1.60 bits per heavy atom. The topological polar surface area (TPSA) is 29.5 Å². The molecule has 2 aliphatic rings. The van der Waals surface area contributed by atoms with Crippen molar-refractivity contribution in [2.75, 3.05) is 19.7 Å². The zero-order chi connectivity index (χ0) is 10.8. The standard InChI is InChI=1S/C12H19NO2/c1-9(2)12(14)4-3-5-13-7-11-6-10(13)8-15-11/h3-4,9-11H,5-8H2,1-2H3/b4-3+/t10-,11-/m0/s1. The third kappa shape index (κ3) is 2.47. The van der Waals surface area contributed by atoms with E-state index in [1.165, 1.54) is 6.42 Å². The maximum Gasteiger partial charge on any atom is 0.157 e. The van der Waals surface area contributed by atoms with E-state index in [0.29, 0.717) is 12.1 Å². The molecule has 2 bridgehead atoms. The van der Waals surface area contributed by atoms with Crippen LogP contribution in [0.4, 0.5) is 0 Å². The summed E-state index contributed by atoms with van der Waals surface area (Å²) in [4.78, 5) is 13.7. The van der Waals surface area contributed by atoms with E-state index in [0.717, 1.165) is 19.7 Å². The molecule has 3 nitrogen and oxygen atoms in total. The van der Waals surface area contributed by atoms with E-state index in [1.807, 2.05) is 19.9 Å². The summed E-state index contributed by atoms with van der Waals surface area (Å²) in [6.07, 6.45) is 5.33. The van der Waals surface area contributed by atoms with E-state index in [4.69, 9.17) is 4.74 Å². The molecule has 0 unspecified atom stereocenters. The maximum absolute atomic E-state index is 11.3.